The molecule has 0 spiro atoms. The van der Waals surface area contributed by atoms with Crippen LogP contribution < -0.4 is 15.4 Å². The Kier molecular flexibility index (Phi) is 6.10. The molecule has 1 aliphatic carbocycles. The molecule has 2 aromatic rings. The molecule has 0 radical (unpaired) electrons. The summed E-state index contributed by atoms with van der Waals surface area (Å²) in [5.74, 6) is 1.68. The Balaban J connectivity index is 1.18. The number of fused-ring (bicyclic) bond motifs is 1. The van der Waals surface area contributed by atoms with Gasteiger partial charge >= 0.3 is 0 Å². The quantitative estimate of drug-likeness (QED) is 0.774. The van der Waals surface area contributed by atoms with E-state index in [-0.39, 0.29) is 30.1 Å². The van der Waals surface area contributed by atoms with Crippen LogP contribution in [0.5, 0.6) is 11.5 Å². The molecule has 3 atom stereocenters. The van der Waals surface area contributed by atoms with E-state index >= 15 is 0 Å². The van der Waals surface area contributed by atoms with E-state index in [1.54, 1.807) is 6.07 Å². The first kappa shape index (κ1) is 21.0. The summed E-state index contributed by atoms with van der Waals surface area (Å²) in [5.41, 5.74) is 0.626. The second-order valence-electron chi connectivity index (χ2n) is 8.85. The molecule has 2 saturated heterocycles. The van der Waals surface area contributed by atoms with Crippen molar-refractivity contribution in [1.29, 1.82) is 0 Å². The summed E-state index contributed by atoms with van der Waals surface area (Å²) >= 11 is 0. The van der Waals surface area contributed by atoms with Crippen LogP contribution in [0, 0.1) is 5.92 Å². The zero-order chi connectivity index (χ0) is 21.9. The Bertz CT molecular complexity index is 959. The van der Waals surface area contributed by atoms with Gasteiger partial charge in [-0.15, -0.1) is 0 Å². The number of para-hydroxylation sites is 1. The highest BCUT2D eigenvalue weighted by atomic mass is 16.5. The molecule has 3 fully saturated rings. The minimum Gasteiger partial charge on any atom is -0.457 e. The first-order valence-electron chi connectivity index (χ1n) is 11.6. The van der Waals surface area contributed by atoms with Gasteiger partial charge in [-0.05, 0) is 43.2 Å². The maximum atomic E-state index is 13.1. The molecule has 7 nitrogen and oxygen atoms in total. The summed E-state index contributed by atoms with van der Waals surface area (Å²) in [6.07, 6.45) is 4.23. The smallest absolute Gasteiger partial charge is 0.254 e. The van der Waals surface area contributed by atoms with Gasteiger partial charge in [0.2, 0.25) is 5.91 Å². The van der Waals surface area contributed by atoms with Gasteiger partial charge in [0, 0.05) is 37.8 Å². The standard InChI is InChI=1S/C25H30N4O3/c30-23-21-11-4-5-12-22(21)26-25(27-23)29-15-13-28(14-16-29)24(31)18-7-6-10-20(17-18)32-19-8-2-1-3-9-19/h1-3,6-10,17,21-22,25-26H,4-5,11-16H2,(H,27,30). The summed E-state index contributed by atoms with van der Waals surface area (Å²) in [4.78, 5) is 29.8. The van der Waals surface area contributed by atoms with Gasteiger partial charge in [-0.1, -0.05) is 37.1 Å². The predicted octanol–water partition coefficient (Wildman–Crippen LogP) is 2.80. The number of carbonyl (C=O) groups excluding carboxylic acids is 2. The van der Waals surface area contributed by atoms with Crippen molar-refractivity contribution >= 4 is 11.8 Å². The van der Waals surface area contributed by atoms with E-state index < -0.39 is 0 Å². The Morgan fingerprint density at radius 1 is 0.906 bits per heavy atom. The number of nitrogens with zero attached hydrogens (tertiary/aromatic N) is 2. The Hall–Kier alpha value is -2.90. The largest absolute Gasteiger partial charge is 0.457 e. The van der Waals surface area contributed by atoms with Crippen molar-refractivity contribution in [3.05, 3.63) is 60.2 Å². The summed E-state index contributed by atoms with van der Waals surface area (Å²) in [5, 5.41) is 6.78. The fourth-order valence-electron chi connectivity index (χ4n) is 5.01. The number of hydrogen-bond donors (Lipinski definition) is 2. The zero-order valence-electron chi connectivity index (χ0n) is 18.2. The Labute approximate surface area is 188 Å². The molecule has 5 rings (SSSR count). The van der Waals surface area contributed by atoms with E-state index in [1.165, 1.54) is 6.42 Å². The molecule has 0 bridgehead atoms. The lowest BCUT2D eigenvalue weighted by molar-refractivity contribution is -0.134. The van der Waals surface area contributed by atoms with Gasteiger partial charge in [0.15, 0.2) is 0 Å². The van der Waals surface area contributed by atoms with Crippen molar-refractivity contribution in [3.63, 3.8) is 0 Å². The van der Waals surface area contributed by atoms with E-state index in [9.17, 15) is 9.59 Å². The number of benzene rings is 2. The maximum Gasteiger partial charge on any atom is 0.254 e. The van der Waals surface area contributed by atoms with Crippen LogP contribution in [0.2, 0.25) is 0 Å². The first-order valence-corrected chi connectivity index (χ1v) is 11.6. The lowest BCUT2D eigenvalue weighted by Crippen LogP contribution is -2.69. The second kappa shape index (κ2) is 9.30. The van der Waals surface area contributed by atoms with Crippen molar-refractivity contribution in [1.82, 2.24) is 20.4 Å². The number of carbonyl (C=O) groups is 2. The Morgan fingerprint density at radius 2 is 1.66 bits per heavy atom. The molecule has 7 heteroatoms. The molecule has 32 heavy (non-hydrogen) atoms. The topological polar surface area (TPSA) is 73.9 Å². The molecule has 3 aliphatic rings. The molecule has 0 aromatic heterocycles. The van der Waals surface area contributed by atoms with Crippen LogP contribution in [0.1, 0.15) is 36.0 Å². The molecule has 2 amide bonds. The molecule has 3 unspecified atom stereocenters. The number of hydrogen-bond acceptors (Lipinski definition) is 5. The molecular weight excluding hydrogens is 404 g/mol. The van der Waals surface area contributed by atoms with Crippen LogP contribution in [0.3, 0.4) is 0 Å². The van der Waals surface area contributed by atoms with E-state index in [0.717, 1.165) is 38.1 Å². The SMILES string of the molecule is O=C1NC(N2CCN(C(=O)c3cccc(Oc4ccccc4)c3)CC2)NC2CCCCC12. The summed E-state index contributed by atoms with van der Waals surface area (Å²) in [6.45, 7) is 2.71. The fourth-order valence-corrected chi connectivity index (χ4v) is 5.01. The second-order valence-corrected chi connectivity index (χ2v) is 8.85. The summed E-state index contributed by atoms with van der Waals surface area (Å²) < 4.78 is 5.88. The third kappa shape index (κ3) is 4.49. The van der Waals surface area contributed by atoms with Gasteiger partial charge in [-0.25, -0.2) is 0 Å². The fraction of sp³-hybridized carbons (Fsp3) is 0.440. The number of nitrogens with one attached hydrogen (secondary N) is 2. The van der Waals surface area contributed by atoms with Crippen molar-refractivity contribution < 1.29 is 14.3 Å². The summed E-state index contributed by atoms with van der Waals surface area (Å²) in [6, 6.07) is 17.2. The lowest BCUT2D eigenvalue weighted by atomic mass is 9.82. The van der Waals surface area contributed by atoms with Gasteiger partial charge in [0.1, 0.15) is 17.8 Å². The number of piperazine rings is 1. The summed E-state index contributed by atoms with van der Waals surface area (Å²) in [7, 11) is 0. The molecule has 2 aliphatic heterocycles. The van der Waals surface area contributed by atoms with Crippen LogP contribution in [-0.2, 0) is 4.79 Å². The van der Waals surface area contributed by atoms with E-state index in [1.807, 2.05) is 53.4 Å². The van der Waals surface area contributed by atoms with Gasteiger partial charge in [0.05, 0.1) is 5.92 Å². The van der Waals surface area contributed by atoms with Gasteiger partial charge in [0.25, 0.3) is 5.91 Å². The average Bonchev–Trinajstić information content (AvgIpc) is 2.84. The molecular formula is C25H30N4O3. The highest BCUT2D eigenvalue weighted by Gasteiger charge is 2.40. The molecule has 168 valence electrons. The Morgan fingerprint density at radius 3 is 2.47 bits per heavy atom. The van der Waals surface area contributed by atoms with Gasteiger partial charge < -0.3 is 15.0 Å². The highest BCUT2D eigenvalue weighted by molar-refractivity contribution is 5.94. The zero-order valence-corrected chi connectivity index (χ0v) is 18.2. The third-order valence-corrected chi connectivity index (χ3v) is 6.78. The van der Waals surface area contributed by atoms with E-state index in [2.05, 4.69) is 15.5 Å². The third-order valence-electron chi connectivity index (χ3n) is 6.78. The van der Waals surface area contributed by atoms with Crippen LogP contribution in [0.15, 0.2) is 54.6 Å². The van der Waals surface area contributed by atoms with Crippen LogP contribution in [0.25, 0.3) is 0 Å². The predicted molar refractivity (Wildman–Crippen MR) is 121 cm³/mol. The maximum absolute atomic E-state index is 13.1. The molecule has 1 saturated carbocycles. The van der Waals surface area contributed by atoms with Crippen molar-refractivity contribution in [3.8, 4) is 11.5 Å². The van der Waals surface area contributed by atoms with Crippen molar-refractivity contribution in [2.75, 3.05) is 26.2 Å². The van der Waals surface area contributed by atoms with Crippen molar-refractivity contribution in [2.24, 2.45) is 5.92 Å². The van der Waals surface area contributed by atoms with Crippen molar-refractivity contribution in [2.45, 2.75) is 38.0 Å². The minimum atomic E-state index is -0.137. The molecule has 2 aromatic carbocycles. The molecule has 2 N–H and O–H groups in total. The lowest BCUT2D eigenvalue weighted by Gasteiger charge is -2.46. The van der Waals surface area contributed by atoms with E-state index in [0.29, 0.717) is 24.4 Å². The van der Waals surface area contributed by atoms with Crippen LogP contribution in [0.4, 0.5) is 0 Å². The normalized spacial score (nSPS) is 26.2. The average molecular weight is 435 g/mol. The van der Waals surface area contributed by atoms with Gasteiger partial charge in [-0.2, -0.15) is 0 Å². The molecule has 2 heterocycles. The minimum absolute atomic E-state index is 0.0103. The van der Waals surface area contributed by atoms with Crippen LogP contribution in [-0.4, -0.2) is 60.1 Å². The monoisotopic (exact) mass is 434 g/mol. The number of amides is 2. The highest BCUT2D eigenvalue weighted by Crippen LogP contribution is 2.28. The van der Waals surface area contributed by atoms with Gasteiger partial charge in [-0.3, -0.25) is 19.8 Å². The van der Waals surface area contributed by atoms with Crippen LogP contribution >= 0.6 is 0 Å². The number of rotatable bonds is 4. The number of ether oxygens (including phenoxy) is 1. The van der Waals surface area contributed by atoms with E-state index in [4.69, 9.17) is 4.74 Å². The first-order chi connectivity index (χ1) is 15.7.